The molecule has 0 unspecified atom stereocenters. The van der Waals surface area contributed by atoms with Crippen LogP contribution in [-0.4, -0.2) is 71.8 Å². The van der Waals surface area contributed by atoms with Gasteiger partial charge in [0.1, 0.15) is 11.7 Å². The Morgan fingerprint density at radius 2 is 1.48 bits per heavy atom. The highest BCUT2D eigenvalue weighted by molar-refractivity contribution is 6.17. The summed E-state index contributed by atoms with van der Waals surface area (Å²) in [6.45, 7) is 3.20. The van der Waals surface area contributed by atoms with Crippen molar-refractivity contribution >= 4 is 29.3 Å². The predicted molar refractivity (Wildman–Crippen MR) is 118 cm³/mol. The number of likely N-dealkylation sites (N-methyl/N-ethyl adjacent to an activating group) is 1. The summed E-state index contributed by atoms with van der Waals surface area (Å²) in [6, 6.07) is 18.7. The van der Waals surface area contributed by atoms with Crippen LogP contribution in [0.4, 0.5) is 0 Å². The van der Waals surface area contributed by atoms with Crippen molar-refractivity contribution in [3.05, 3.63) is 71.8 Å². The number of fused-ring (bicyclic) bond motifs is 1. The maximum atomic E-state index is 13.5. The lowest BCUT2D eigenvalue weighted by Crippen LogP contribution is -2.52. The highest BCUT2D eigenvalue weighted by Crippen LogP contribution is 2.38. The molecule has 7 heteroatoms. The van der Waals surface area contributed by atoms with Crippen molar-refractivity contribution in [3.8, 4) is 0 Å². The van der Waals surface area contributed by atoms with Crippen molar-refractivity contribution in [1.29, 1.82) is 0 Å². The molecule has 2 amide bonds. The molecule has 1 saturated heterocycles. The van der Waals surface area contributed by atoms with E-state index >= 15 is 0 Å². The van der Waals surface area contributed by atoms with Crippen LogP contribution in [-0.2, 0) is 14.3 Å². The first kappa shape index (κ1) is 19.7. The van der Waals surface area contributed by atoms with Gasteiger partial charge < -0.3 is 9.64 Å². The molecule has 0 aromatic heterocycles. The minimum atomic E-state index is -0.555. The van der Waals surface area contributed by atoms with Gasteiger partial charge in [0.2, 0.25) is 5.91 Å². The zero-order valence-corrected chi connectivity index (χ0v) is 17.4. The van der Waals surface area contributed by atoms with Gasteiger partial charge in [0.25, 0.3) is 5.91 Å². The lowest BCUT2D eigenvalue weighted by atomic mass is 10.0. The molecule has 0 spiro atoms. The van der Waals surface area contributed by atoms with Gasteiger partial charge >= 0.3 is 6.02 Å². The van der Waals surface area contributed by atoms with Crippen LogP contribution in [0.5, 0.6) is 0 Å². The number of aliphatic imine (C=N–C) groups is 1. The summed E-state index contributed by atoms with van der Waals surface area (Å²) in [5.74, 6) is 0.0279. The van der Waals surface area contributed by atoms with E-state index in [1.54, 1.807) is 0 Å². The quantitative estimate of drug-likeness (QED) is 0.768. The zero-order chi connectivity index (χ0) is 21.4. The third kappa shape index (κ3) is 3.66. The van der Waals surface area contributed by atoms with Crippen molar-refractivity contribution < 1.29 is 14.3 Å². The highest BCUT2D eigenvalue weighted by Gasteiger charge is 2.43. The number of carbonyl (C=O) groups excluding carboxylic acids is 2. The number of rotatable bonds is 3. The molecule has 5 rings (SSSR count). The Labute approximate surface area is 181 Å². The molecule has 7 nitrogen and oxygen atoms in total. The van der Waals surface area contributed by atoms with E-state index in [-0.39, 0.29) is 24.3 Å². The Balaban J connectivity index is 1.54. The first-order valence-corrected chi connectivity index (χ1v) is 10.5. The molecule has 1 atom stereocenters. The van der Waals surface area contributed by atoms with Gasteiger partial charge in [0.05, 0.1) is 6.42 Å². The van der Waals surface area contributed by atoms with Crippen molar-refractivity contribution in [2.75, 3.05) is 33.2 Å². The second-order valence-electron chi connectivity index (χ2n) is 8.03. The van der Waals surface area contributed by atoms with E-state index in [4.69, 9.17) is 4.74 Å². The summed E-state index contributed by atoms with van der Waals surface area (Å²) >= 11 is 0. The van der Waals surface area contributed by atoms with Gasteiger partial charge in [-0.3, -0.25) is 14.5 Å². The molecule has 158 valence electrons. The third-order valence-electron chi connectivity index (χ3n) is 5.99. The number of nitrogens with zero attached hydrogens (tertiary/aromatic N) is 4. The lowest BCUT2D eigenvalue weighted by Gasteiger charge is -2.35. The number of amides is 2. The Morgan fingerprint density at radius 3 is 2.13 bits per heavy atom. The highest BCUT2D eigenvalue weighted by atomic mass is 16.5. The fourth-order valence-electron chi connectivity index (χ4n) is 4.26. The lowest BCUT2D eigenvalue weighted by molar-refractivity contribution is -0.131. The predicted octanol–water partition coefficient (Wildman–Crippen LogP) is 2.27. The molecular weight excluding hydrogens is 392 g/mol. The number of piperazine rings is 1. The van der Waals surface area contributed by atoms with Crippen LogP contribution in [0.25, 0.3) is 11.5 Å². The summed E-state index contributed by atoms with van der Waals surface area (Å²) in [5, 5.41) is 0. The van der Waals surface area contributed by atoms with Crippen LogP contribution in [0.3, 0.4) is 0 Å². The van der Waals surface area contributed by atoms with Crippen LogP contribution in [0.15, 0.2) is 65.7 Å². The average molecular weight is 416 g/mol. The first-order valence-electron chi connectivity index (χ1n) is 10.5. The third-order valence-corrected chi connectivity index (χ3v) is 5.99. The maximum absolute atomic E-state index is 13.5. The normalized spacial score (nSPS) is 22.8. The van der Waals surface area contributed by atoms with E-state index in [9.17, 15) is 9.59 Å². The Kier molecular flexibility index (Phi) is 5.13. The van der Waals surface area contributed by atoms with Crippen LogP contribution in [0.2, 0.25) is 0 Å². The molecule has 31 heavy (non-hydrogen) atoms. The van der Waals surface area contributed by atoms with E-state index < -0.39 is 6.04 Å². The van der Waals surface area contributed by atoms with Gasteiger partial charge in [-0.2, -0.15) is 4.99 Å². The van der Waals surface area contributed by atoms with Gasteiger partial charge in [0.15, 0.2) is 5.76 Å². The van der Waals surface area contributed by atoms with E-state index in [2.05, 4.69) is 21.8 Å². The summed E-state index contributed by atoms with van der Waals surface area (Å²) in [4.78, 5) is 36.6. The van der Waals surface area contributed by atoms with Crippen LogP contribution >= 0.6 is 0 Å². The van der Waals surface area contributed by atoms with Crippen molar-refractivity contribution in [2.45, 2.75) is 12.5 Å². The average Bonchev–Trinajstić information content (AvgIpc) is 3.13. The van der Waals surface area contributed by atoms with Gasteiger partial charge in [0, 0.05) is 37.3 Å². The van der Waals surface area contributed by atoms with E-state index in [1.807, 2.05) is 60.7 Å². The Bertz CT molecular complexity index is 1060. The molecule has 0 saturated carbocycles. The van der Waals surface area contributed by atoms with Gasteiger partial charge in [-0.15, -0.1) is 0 Å². The van der Waals surface area contributed by atoms with Crippen LogP contribution in [0, 0.1) is 0 Å². The van der Waals surface area contributed by atoms with Gasteiger partial charge in [-0.25, -0.2) is 4.90 Å². The minimum Gasteiger partial charge on any atom is -0.422 e. The van der Waals surface area contributed by atoms with E-state index in [0.29, 0.717) is 11.5 Å². The molecule has 3 heterocycles. The van der Waals surface area contributed by atoms with Crippen LogP contribution in [0.1, 0.15) is 17.5 Å². The zero-order valence-electron chi connectivity index (χ0n) is 17.4. The summed E-state index contributed by atoms with van der Waals surface area (Å²) < 4.78 is 6.08. The molecule has 3 aliphatic rings. The molecule has 0 aliphatic carbocycles. The van der Waals surface area contributed by atoms with Crippen LogP contribution < -0.4 is 0 Å². The molecule has 0 radical (unpaired) electrons. The number of ether oxygens (including phenoxy) is 1. The fourth-order valence-corrected chi connectivity index (χ4v) is 4.26. The van der Waals surface area contributed by atoms with Gasteiger partial charge in [-0.05, 0) is 7.05 Å². The SMILES string of the molecule is CN1CCN([C@@H]2CC(=O)N3C(=NC2=O)OC(c2ccccc2)=C3c2ccccc2)CC1. The number of amidine groups is 1. The Morgan fingerprint density at radius 1 is 0.871 bits per heavy atom. The van der Waals surface area contributed by atoms with Crippen molar-refractivity contribution in [3.63, 3.8) is 0 Å². The van der Waals surface area contributed by atoms with Gasteiger partial charge in [-0.1, -0.05) is 60.7 Å². The van der Waals surface area contributed by atoms with Crippen molar-refractivity contribution in [2.24, 2.45) is 4.99 Å². The first-order chi connectivity index (χ1) is 15.1. The Hall–Kier alpha value is -3.29. The summed E-state index contributed by atoms with van der Waals surface area (Å²) in [6.07, 6.45) is 0.0807. The van der Waals surface area contributed by atoms with E-state index in [0.717, 1.165) is 37.3 Å². The second-order valence-corrected chi connectivity index (χ2v) is 8.03. The van der Waals surface area contributed by atoms with Crippen molar-refractivity contribution in [1.82, 2.24) is 14.7 Å². The molecule has 3 aliphatic heterocycles. The maximum Gasteiger partial charge on any atom is 0.312 e. The summed E-state index contributed by atoms with van der Waals surface area (Å²) in [7, 11) is 2.06. The largest absolute Gasteiger partial charge is 0.422 e. The standard InChI is InChI=1S/C24H24N4O3/c1-26-12-14-27(15-13-26)19-16-20(29)28-21(17-8-4-2-5-9-17)22(18-10-6-3-7-11-18)31-24(28)25-23(19)30/h2-11,19H,12-16H2,1H3/t19-/m1/s1. The molecular formula is C24H24N4O3. The fraction of sp³-hybridized carbons (Fsp3) is 0.292. The minimum absolute atomic E-state index is 0.0457. The number of hydrogen-bond acceptors (Lipinski definition) is 5. The number of benzene rings is 2. The molecule has 0 bridgehead atoms. The number of hydrogen-bond donors (Lipinski definition) is 0. The van der Waals surface area contributed by atoms with E-state index in [1.165, 1.54) is 4.90 Å². The second kappa shape index (κ2) is 8.09. The molecule has 2 aromatic carbocycles. The molecule has 2 aromatic rings. The molecule has 1 fully saturated rings. The summed E-state index contributed by atoms with van der Waals surface area (Å²) in [5.41, 5.74) is 2.29. The number of carbonyl (C=O) groups is 2. The smallest absolute Gasteiger partial charge is 0.312 e. The monoisotopic (exact) mass is 416 g/mol. The topological polar surface area (TPSA) is 65.5 Å². The molecule has 0 N–H and O–H groups in total.